The molecular weight excluding hydrogens is 397 g/mol. The highest BCUT2D eigenvalue weighted by atomic mass is 35.5. The average molecular weight is 415 g/mol. The molecule has 1 heterocycles. The summed E-state index contributed by atoms with van der Waals surface area (Å²) in [5.41, 5.74) is 0.0297. The quantitative estimate of drug-likeness (QED) is 0.644. The van der Waals surface area contributed by atoms with E-state index in [0.29, 0.717) is 5.75 Å². The van der Waals surface area contributed by atoms with Crippen LogP contribution in [-0.2, 0) is 4.79 Å². The van der Waals surface area contributed by atoms with Gasteiger partial charge in [0.2, 0.25) is 6.10 Å². The van der Waals surface area contributed by atoms with Crippen molar-refractivity contribution in [1.29, 1.82) is 0 Å². The van der Waals surface area contributed by atoms with Crippen LogP contribution in [0, 0.1) is 6.92 Å². The molecule has 3 rings (SSSR count). The van der Waals surface area contributed by atoms with Crippen molar-refractivity contribution in [3.63, 3.8) is 0 Å². The first kappa shape index (κ1) is 21.6. The molecule has 1 atom stereocenters. The number of carboxylic acid groups (broad SMARTS) is 1. The number of rotatable bonds is 3. The van der Waals surface area contributed by atoms with E-state index in [-0.39, 0.29) is 22.1 Å². The van der Waals surface area contributed by atoms with E-state index < -0.39 is 23.8 Å². The van der Waals surface area contributed by atoms with Crippen LogP contribution in [0.4, 0.5) is 13.2 Å². The van der Waals surface area contributed by atoms with Gasteiger partial charge < -0.3 is 14.6 Å². The molecule has 0 bridgehead atoms. The predicted molar refractivity (Wildman–Crippen MR) is 100 cm³/mol. The Morgan fingerprint density at radius 3 is 2.39 bits per heavy atom. The van der Waals surface area contributed by atoms with E-state index in [1.807, 2.05) is 19.9 Å². The van der Waals surface area contributed by atoms with Crippen LogP contribution >= 0.6 is 11.6 Å². The summed E-state index contributed by atoms with van der Waals surface area (Å²) in [7, 11) is 0. The average Bonchev–Trinajstić information content (AvgIpc) is 2.64. The lowest BCUT2D eigenvalue weighted by Crippen LogP contribution is -2.40. The number of ether oxygens (including phenoxy) is 2. The second kappa shape index (κ2) is 8.56. The summed E-state index contributed by atoms with van der Waals surface area (Å²) in [6.45, 7) is 5.81. The zero-order valence-electron chi connectivity index (χ0n) is 15.3. The number of alkyl halides is 3. The topological polar surface area (TPSA) is 55.8 Å². The molecule has 1 unspecified atom stereocenters. The smallest absolute Gasteiger partial charge is 0.430 e. The number of aliphatic carboxylic acids is 1. The van der Waals surface area contributed by atoms with Crippen LogP contribution in [0.5, 0.6) is 17.2 Å². The van der Waals surface area contributed by atoms with Gasteiger partial charge in [-0.3, -0.25) is 0 Å². The molecule has 0 aromatic heterocycles. The lowest BCUT2D eigenvalue weighted by atomic mass is 10.0. The van der Waals surface area contributed by atoms with E-state index in [1.165, 1.54) is 12.1 Å². The molecule has 28 heavy (non-hydrogen) atoms. The summed E-state index contributed by atoms with van der Waals surface area (Å²) in [4.78, 5) is 11.1. The largest absolute Gasteiger partial charge is 0.478 e. The number of halogens is 4. The molecule has 0 aliphatic carbocycles. The Balaban J connectivity index is 0.00000136. The second-order valence-electron chi connectivity index (χ2n) is 5.63. The fourth-order valence-corrected chi connectivity index (χ4v) is 2.69. The van der Waals surface area contributed by atoms with Crippen molar-refractivity contribution in [3.8, 4) is 17.2 Å². The van der Waals surface area contributed by atoms with Gasteiger partial charge in [-0.05, 0) is 30.7 Å². The van der Waals surface area contributed by atoms with Gasteiger partial charge in [-0.2, -0.15) is 13.2 Å². The Labute approximate surface area is 165 Å². The van der Waals surface area contributed by atoms with Crippen LogP contribution in [-0.4, -0.2) is 23.4 Å². The maximum Gasteiger partial charge on any atom is 0.430 e. The van der Waals surface area contributed by atoms with Gasteiger partial charge >= 0.3 is 12.1 Å². The monoisotopic (exact) mass is 414 g/mol. The summed E-state index contributed by atoms with van der Waals surface area (Å²) in [6.07, 6.45) is -6.54. The summed E-state index contributed by atoms with van der Waals surface area (Å²) >= 11 is 6.14. The molecule has 1 aliphatic rings. The SMILES string of the molecule is CC.Cc1ccccc1Oc1cc2c(cc1Cl)C=C(C(=O)O)C(C(F)(F)F)O2. The second-order valence-corrected chi connectivity index (χ2v) is 6.04. The summed E-state index contributed by atoms with van der Waals surface area (Å²) in [6, 6.07) is 9.57. The van der Waals surface area contributed by atoms with Crippen LogP contribution in [0.15, 0.2) is 42.0 Å². The van der Waals surface area contributed by atoms with Gasteiger partial charge in [0, 0.05) is 11.6 Å². The van der Waals surface area contributed by atoms with Crippen molar-refractivity contribution in [2.45, 2.75) is 33.1 Å². The Bertz CT molecular complexity index is 907. The van der Waals surface area contributed by atoms with E-state index in [0.717, 1.165) is 11.6 Å². The number of aryl methyl sites for hydroxylation is 1. The Morgan fingerprint density at radius 2 is 1.82 bits per heavy atom. The fourth-order valence-electron chi connectivity index (χ4n) is 2.48. The third-order valence-corrected chi connectivity index (χ3v) is 4.06. The number of hydrogen-bond donors (Lipinski definition) is 1. The molecular formula is C20H18ClF3O4. The minimum atomic E-state index is -4.88. The van der Waals surface area contributed by atoms with Crippen LogP contribution in [0.1, 0.15) is 25.0 Å². The highest BCUT2D eigenvalue weighted by Crippen LogP contribution is 2.42. The van der Waals surface area contributed by atoms with E-state index in [9.17, 15) is 18.0 Å². The van der Waals surface area contributed by atoms with Crippen molar-refractivity contribution in [1.82, 2.24) is 0 Å². The number of carboxylic acids is 1. The molecule has 0 radical (unpaired) electrons. The third kappa shape index (κ3) is 4.59. The molecule has 0 saturated heterocycles. The predicted octanol–water partition coefficient (Wildman–Crippen LogP) is 6.26. The van der Waals surface area contributed by atoms with Crippen molar-refractivity contribution in [3.05, 3.63) is 58.1 Å². The highest BCUT2D eigenvalue weighted by molar-refractivity contribution is 6.32. The number of para-hydroxylation sites is 1. The molecule has 4 nitrogen and oxygen atoms in total. The van der Waals surface area contributed by atoms with Crippen molar-refractivity contribution in [2.24, 2.45) is 0 Å². The molecule has 8 heteroatoms. The van der Waals surface area contributed by atoms with Gasteiger partial charge in [-0.1, -0.05) is 43.6 Å². The lowest BCUT2D eigenvalue weighted by Gasteiger charge is -2.27. The molecule has 0 saturated carbocycles. The number of carbonyl (C=O) groups is 1. The standard InChI is InChI=1S/C18H12ClF3O4.C2H6/c1-9-4-2-3-5-13(9)25-15-8-14-10(7-12(15)19)6-11(17(23)24)16(26-14)18(20,21)22;1-2/h2-8,16H,1H3,(H,23,24);1-2H3. The fraction of sp³-hybridized carbons (Fsp3) is 0.250. The van der Waals surface area contributed by atoms with E-state index in [4.69, 9.17) is 26.2 Å². The Morgan fingerprint density at radius 1 is 1.18 bits per heavy atom. The first-order chi connectivity index (χ1) is 13.2. The Hall–Kier alpha value is -2.67. The number of hydrogen-bond acceptors (Lipinski definition) is 3. The van der Waals surface area contributed by atoms with Gasteiger partial charge in [-0.25, -0.2) is 4.79 Å². The lowest BCUT2D eigenvalue weighted by molar-refractivity contribution is -0.187. The molecule has 1 aliphatic heterocycles. The van der Waals surface area contributed by atoms with Crippen LogP contribution in [0.2, 0.25) is 5.02 Å². The summed E-state index contributed by atoms with van der Waals surface area (Å²) < 4.78 is 50.0. The molecule has 0 amide bonds. The van der Waals surface area contributed by atoms with Gasteiger partial charge in [0.25, 0.3) is 0 Å². The highest BCUT2D eigenvalue weighted by Gasteiger charge is 2.48. The molecule has 1 N–H and O–H groups in total. The number of fused-ring (bicyclic) bond motifs is 1. The maximum absolute atomic E-state index is 13.1. The van der Waals surface area contributed by atoms with Crippen LogP contribution in [0.25, 0.3) is 6.08 Å². The first-order valence-corrected chi connectivity index (χ1v) is 8.80. The third-order valence-electron chi connectivity index (χ3n) is 3.76. The maximum atomic E-state index is 13.1. The van der Waals surface area contributed by atoms with Crippen LogP contribution in [0.3, 0.4) is 0 Å². The molecule has 0 spiro atoms. The van der Waals surface area contributed by atoms with Crippen molar-refractivity contribution < 1.29 is 32.5 Å². The molecule has 0 fully saturated rings. The zero-order valence-corrected chi connectivity index (χ0v) is 16.1. The van der Waals surface area contributed by atoms with E-state index in [1.54, 1.807) is 25.1 Å². The molecule has 2 aromatic carbocycles. The zero-order chi connectivity index (χ0) is 21.1. The van der Waals surface area contributed by atoms with Gasteiger partial charge in [0.15, 0.2) is 0 Å². The van der Waals surface area contributed by atoms with Gasteiger partial charge in [0.1, 0.15) is 17.2 Å². The van der Waals surface area contributed by atoms with E-state index >= 15 is 0 Å². The minimum absolute atomic E-state index is 0.104. The molecule has 2 aromatic rings. The normalized spacial score (nSPS) is 15.4. The summed E-state index contributed by atoms with van der Waals surface area (Å²) in [5, 5.41) is 9.15. The van der Waals surface area contributed by atoms with Crippen molar-refractivity contribution >= 4 is 23.6 Å². The minimum Gasteiger partial charge on any atom is -0.478 e. The van der Waals surface area contributed by atoms with E-state index in [2.05, 4.69) is 0 Å². The Kier molecular flexibility index (Phi) is 6.61. The molecule has 150 valence electrons. The first-order valence-electron chi connectivity index (χ1n) is 8.42. The summed E-state index contributed by atoms with van der Waals surface area (Å²) in [5.74, 6) is -1.29. The van der Waals surface area contributed by atoms with Crippen LogP contribution < -0.4 is 9.47 Å². The van der Waals surface area contributed by atoms with Crippen molar-refractivity contribution in [2.75, 3.05) is 0 Å². The number of benzene rings is 2. The van der Waals surface area contributed by atoms with Gasteiger partial charge in [-0.15, -0.1) is 0 Å². The van der Waals surface area contributed by atoms with Gasteiger partial charge in [0.05, 0.1) is 10.6 Å².